The van der Waals surface area contributed by atoms with E-state index in [4.69, 9.17) is 11.6 Å². The molecule has 0 bridgehead atoms. The van der Waals surface area contributed by atoms with Crippen LogP contribution < -0.4 is 5.32 Å². The molecule has 1 rings (SSSR count). The third-order valence-corrected chi connectivity index (χ3v) is 2.68. The fourth-order valence-electron chi connectivity index (χ4n) is 1.27. The van der Waals surface area contributed by atoms with E-state index in [1.165, 1.54) is 12.1 Å². The molecular formula is C12H17ClFNO. The van der Waals surface area contributed by atoms with Crippen LogP contribution in [0.15, 0.2) is 18.2 Å². The second kappa shape index (κ2) is 6.18. The molecule has 0 amide bonds. The number of nitrogens with one attached hydrogen (secondary N) is 1. The van der Waals surface area contributed by atoms with Crippen molar-refractivity contribution < 1.29 is 9.50 Å². The van der Waals surface area contributed by atoms with Crippen LogP contribution in [-0.2, 0) is 6.54 Å². The van der Waals surface area contributed by atoms with Gasteiger partial charge >= 0.3 is 0 Å². The summed E-state index contributed by atoms with van der Waals surface area (Å²) in [6.07, 6.45) is -0.415. The largest absolute Gasteiger partial charge is 0.392 e. The quantitative estimate of drug-likeness (QED) is 0.836. The maximum absolute atomic E-state index is 13.3. The summed E-state index contributed by atoms with van der Waals surface area (Å²) >= 11 is 5.76. The summed E-state index contributed by atoms with van der Waals surface area (Å²) in [5, 5.41) is 13.1. The number of aliphatic hydroxyl groups excluding tert-OH is 1. The van der Waals surface area contributed by atoms with Crippen molar-refractivity contribution in [3.8, 4) is 0 Å². The van der Waals surface area contributed by atoms with E-state index in [1.54, 1.807) is 6.07 Å². The molecular weight excluding hydrogens is 229 g/mol. The lowest BCUT2D eigenvalue weighted by molar-refractivity contribution is 0.123. The fraction of sp³-hybridized carbons (Fsp3) is 0.500. The second-order valence-corrected chi connectivity index (χ2v) is 4.61. The van der Waals surface area contributed by atoms with Gasteiger partial charge in [0.15, 0.2) is 0 Å². The van der Waals surface area contributed by atoms with Crippen molar-refractivity contribution >= 4 is 11.6 Å². The van der Waals surface area contributed by atoms with Crippen molar-refractivity contribution in [3.63, 3.8) is 0 Å². The molecule has 1 aromatic carbocycles. The zero-order chi connectivity index (χ0) is 12.1. The van der Waals surface area contributed by atoms with Crippen molar-refractivity contribution in [1.29, 1.82) is 0 Å². The molecule has 0 radical (unpaired) electrons. The van der Waals surface area contributed by atoms with Gasteiger partial charge in [-0.2, -0.15) is 0 Å². The van der Waals surface area contributed by atoms with Gasteiger partial charge in [0.05, 0.1) is 6.10 Å². The monoisotopic (exact) mass is 245 g/mol. The van der Waals surface area contributed by atoms with Crippen LogP contribution >= 0.6 is 11.6 Å². The van der Waals surface area contributed by atoms with Crippen molar-refractivity contribution in [2.45, 2.75) is 26.5 Å². The summed E-state index contributed by atoms with van der Waals surface area (Å²) in [5.74, 6) is -0.0901. The summed E-state index contributed by atoms with van der Waals surface area (Å²) in [6.45, 7) is 4.69. The number of rotatable bonds is 5. The maximum Gasteiger partial charge on any atom is 0.127 e. The number of benzene rings is 1. The Morgan fingerprint density at radius 2 is 2.12 bits per heavy atom. The van der Waals surface area contributed by atoms with E-state index >= 15 is 0 Å². The van der Waals surface area contributed by atoms with Crippen LogP contribution in [0, 0.1) is 11.7 Å². The van der Waals surface area contributed by atoms with Gasteiger partial charge in [0.25, 0.3) is 0 Å². The minimum Gasteiger partial charge on any atom is -0.392 e. The van der Waals surface area contributed by atoms with Crippen LogP contribution in [-0.4, -0.2) is 17.8 Å². The molecule has 1 atom stereocenters. The van der Waals surface area contributed by atoms with Crippen LogP contribution in [0.4, 0.5) is 4.39 Å². The highest BCUT2D eigenvalue weighted by molar-refractivity contribution is 6.30. The summed E-state index contributed by atoms with van der Waals surface area (Å²) < 4.78 is 13.3. The highest BCUT2D eigenvalue weighted by Crippen LogP contribution is 2.14. The Hall–Kier alpha value is -0.640. The number of aliphatic hydroxyl groups is 1. The third-order valence-electron chi connectivity index (χ3n) is 2.45. The Morgan fingerprint density at radius 3 is 2.75 bits per heavy atom. The Balaban J connectivity index is 2.45. The van der Waals surface area contributed by atoms with Crippen molar-refractivity contribution in [1.82, 2.24) is 5.32 Å². The predicted molar refractivity (Wildman–Crippen MR) is 64.0 cm³/mol. The summed E-state index contributed by atoms with van der Waals surface area (Å²) in [4.78, 5) is 0. The van der Waals surface area contributed by atoms with E-state index in [9.17, 15) is 9.50 Å². The number of halogens is 2. The average Bonchev–Trinajstić information content (AvgIpc) is 2.22. The van der Waals surface area contributed by atoms with Crippen LogP contribution in [0.5, 0.6) is 0 Å². The lowest BCUT2D eigenvalue weighted by Gasteiger charge is -2.15. The van der Waals surface area contributed by atoms with Gasteiger partial charge in [0.1, 0.15) is 5.82 Å². The highest BCUT2D eigenvalue weighted by Gasteiger charge is 2.09. The lowest BCUT2D eigenvalue weighted by atomic mass is 10.1. The Kier molecular flexibility index (Phi) is 5.19. The number of hydrogen-bond donors (Lipinski definition) is 2. The molecule has 16 heavy (non-hydrogen) atoms. The van der Waals surface area contributed by atoms with E-state index in [2.05, 4.69) is 5.32 Å². The first-order chi connectivity index (χ1) is 7.50. The zero-order valence-corrected chi connectivity index (χ0v) is 10.3. The van der Waals surface area contributed by atoms with Crippen molar-refractivity contribution in [2.24, 2.45) is 5.92 Å². The molecule has 0 fully saturated rings. The Bertz CT molecular complexity index is 344. The number of hydrogen-bond acceptors (Lipinski definition) is 2. The van der Waals surface area contributed by atoms with Gasteiger partial charge in [0, 0.05) is 23.7 Å². The normalized spacial score (nSPS) is 13.1. The molecule has 0 spiro atoms. The molecule has 90 valence electrons. The molecule has 0 aliphatic rings. The molecule has 2 nitrogen and oxygen atoms in total. The van der Waals surface area contributed by atoms with Gasteiger partial charge in [-0.3, -0.25) is 0 Å². The van der Waals surface area contributed by atoms with Gasteiger partial charge in [-0.15, -0.1) is 0 Å². The van der Waals surface area contributed by atoms with Gasteiger partial charge in [0.2, 0.25) is 0 Å². The first-order valence-corrected chi connectivity index (χ1v) is 5.71. The predicted octanol–water partition coefficient (Wildman–Crippen LogP) is 2.59. The zero-order valence-electron chi connectivity index (χ0n) is 9.50. The second-order valence-electron chi connectivity index (χ2n) is 4.18. The fourth-order valence-corrected chi connectivity index (χ4v) is 1.46. The third kappa shape index (κ3) is 4.08. The first kappa shape index (κ1) is 13.4. The lowest BCUT2D eigenvalue weighted by Crippen LogP contribution is -2.30. The van der Waals surface area contributed by atoms with Crippen LogP contribution in [0.1, 0.15) is 19.4 Å². The smallest absolute Gasteiger partial charge is 0.127 e. The van der Waals surface area contributed by atoms with E-state index in [0.717, 1.165) is 0 Å². The van der Waals surface area contributed by atoms with Crippen LogP contribution in [0.25, 0.3) is 0 Å². The summed E-state index contributed by atoms with van der Waals surface area (Å²) in [7, 11) is 0. The molecule has 1 aromatic rings. The maximum atomic E-state index is 13.3. The molecule has 1 unspecified atom stereocenters. The SMILES string of the molecule is CC(C)C(O)CNCc1cc(Cl)ccc1F. The van der Waals surface area contributed by atoms with E-state index < -0.39 is 6.10 Å². The highest BCUT2D eigenvalue weighted by atomic mass is 35.5. The summed E-state index contributed by atoms with van der Waals surface area (Å²) in [5.41, 5.74) is 0.517. The van der Waals surface area contributed by atoms with Gasteiger partial charge in [-0.1, -0.05) is 25.4 Å². The van der Waals surface area contributed by atoms with Crippen LogP contribution in [0.2, 0.25) is 5.02 Å². The molecule has 4 heteroatoms. The molecule has 0 saturated carbocycles. The van der Waals surface area contributed by atoms with E-state index in [1.807, 2.05) is 13.8 Å². The minimum absolute atomic E-state index is 0.191. The molecule has 0 saturated heterocycles. The van der Waals surface area contributed by atoms with Crippen LogP contribution in [0.3, 0.4) is 0 Å². The van der Waals surface area contributed by atoms with Gasteiger partial charge < -0.3 is 10.4 Å². The molecule has 0 aromatic heterocycles. The molecule has 0 aliphatic carbocycles. The first-order valence-electron chi connectivity index (χ1n) is 5.33. The van der Waals surface area contributed by atoms with Crippen molar-refractivity contribution in [3.05, 3.63) is 34.6 Å². The summed E-state index contributed by atoms with van der Waals surface area (Å²) in [6, 6.07) is 4.45. The van der Waals surface area contributed by atoms with E-state index in [-0.39, 0.29) is 11.7 Å². The Labute approximate surface area is 100 Å². The van der Waals surface area contributed by atoms with Gasteiger partial charge in [-0.25, -0.2) is 4.39 Å². The molecule has 0 aliphatic heterocycles. The molecule has 2 N–H and O–H groups in total. The van der Waals surface area contributed by atoms with E-state index in [0.29, 0.717) is 23.7 Å². The minimum atomic E-state index is -0.415. The topological polar surface area (TPSA) is 32.3 Å². The average molecular weight is 246 g/mol. The Morgan fingerprint density at radius 1 is 1.44 bits per heavy atom. The standard InChI is InChI=1S/C12H17ClFNO/c1-8(2)12(16)7-15-6-9-5-10(13)3-4-11(9)14/h3-5,8,12,15-16H,6-7H2,1-2H3. The van der Waals surface area contributed by atoms with Gasteiger partial charge in [-0.05, 0) is 24.1 Å². The molecule has 0 heterocycles. The van der Waals surface area contributed by atoms with Crippen molar-refractivity contribution in [2.75, 3.05) is 6.54 Å².